The van der Waals surface area contributed by atoms with Crippen LogP contribution in [0, 0.1) is 11.3 Å². The predicted molar refractivity (Wildman–Crippen MR) is 158 cm³/mol. The van der Waals surface area contributed by atoms with E-state index in [1.54, 1.807) is 12.1 Å². The van der Waals surface area contributed by atoms with Crippen LogP contribution in [0.1, 0.15) is 66.3 Å². The van der Waals surface area contributed by atoms with E-state index < -0.39 is 17.9 Å². The number of carbonyl (C=O) groups is 3. The Morgan fingerprint density at radius 2 is 1.60 bits per heavy atom. The molecule has 4 rings (SSSR count). The first-order valence-electron chi connectivity index (χ1n) is 13.6. The third-order valence-electron chi connectivity index (χ3n) is 7.76. The van der Waals surface area contributed by atoms with Crippen molar-refractivity contribution in [2.75, 3.05) is 20.2 Å². The molecule has 0 saturated carbocycles. The highest BCUT2D eigenvalue weighted by Crippen LogP contribution is 2.42. The van der Waals surface area contributed by atoms with Crippen molar-refractivity contribution in [3.63, 3.8) is 0 Å². The number of nitrogens with one attached hydrogen (secondary N) is 1. The molecule has 2 amide bonds. The fourth-order valence-electron chi connectivity index (χ4n) is 5.58. The summed E-state index contributed by atoms with van der Waals surface area (Å²) in [5.41, 5.74) is 3.20. The van der Waals surface area contributed by atoms with Crippen molar-refractivity contribution in [3.05, 3.63) is 94.5 Å². The van der Waals surface area contributed by atoms with Gasteiger partial charge in [-0.3, -0.25) is 9.59 Å². The first-order chi connectivity index (χ1) is 19.0. The molecule has 6 nitrogen and oxygen atoms in total. The Bertz CT molecular complexity index is 1370. The van der Waals surface area contributed by atoms with Crippen LogP contribution in [-0.4, -0.2) is 48.9 Å². The molecule has 1 aliphatic heterocycles. The number of halogens is 1. The standard InChI is InChI=1S/C33H37ClN2O4/c1-21(2)29(31(38)36-16-15-28(33(3,4)20-36)23-11-13-27(34)14-12-23)35-30(37)25-17-24(22-9-7-6-8-10-22)18-26(19-25)32(39)40-5/h6-14,17-19,21,28-29H,15-16,20H2,1-5H3,(H,35,37)/t28?,29-/m1/s1. The molecular weight excluding hydrogens is 524 g/mol. The zero-order valence-electron chi connectivity index (χ0n) is 23.7. The molecule has 0 bridgehead atoms. The topological polar surface area (TPSA) is 75.7 Å². The largest absolute Gasteiger partial charge is 0.465 e. The smallest absolute Gasteiger partial charge is 0.337 e. The predicted octanol–water partition coefficient (Wildman–Crippen LogP) is 6.59. The van der Waals surface area contributed by atoms with Crippen LogP contribution in [0.2, 0.25) is 5.02 Å². The van der Waals surface area contributed by atoms with E-state index in [4.69, 9.17) is 16.3 Å². The van der Waals surface area contributed by atoms with Crippen LogP contribution >= 0.6 is 11.6 Å². The number of amides is 2. The maximum Gasteiger partial charge on any atom is 0.337 e. The number of hydrogen-bond donors (Lipinski definition) is 1. The number of likely N-dealkylation sites (tertiary alicyclic amines) is 1. The van der Waals surface area contributed by atoms with E-state index in [9.17, 15) is 14.4 Å². The molecule has 40 heavy (non-hydrogen) atoms. The van der Waals surface area contributed by atoms with Gasteiger partial charge in [0.2, 0.25) is 5.91 Å². The number of hydrogen-bond acceptors (Lipinski definition) is 4. The van der Waals surface area contributed by atoms with Crippen LogP contribution < -0.4 is 5.32 Å². The van der Waals surface area contributed by atoms with Crippen molar-refractivity contribution in [1.82, 2.24) is 10.2 Å². The Labute approximate surface area is 241 Å². The van der Waals surface area contributed by atoms with E-state index in [2.05, 4.69) is 31.3 Å². The van der Waals surface area contributed by atoms with Gasteiger partial charge < -0.3 is 15.0 Å². The monoisotopic (exact) mass is 560 g/mol. The maximum atomic E-state index is 13.8. The van der Waals surface area contributed by atoms with Crippen LogP contribution in [0.4, 0.5) is 0 Å². The summed E-state index contributed by atoms with van der Waals surface area (Å²) in [5.74, 6) is -0.887. The minimum atomic E-state index is -0.711. The van der Waals surface area contributed by atoms with E-state index in [0.29, 0.717) is 35.2 Å². The van der Waals surface area contributed by atoms with Gasteiger partial charge in [-0.25, -0.2) is 4.79 Å². The zero-order valence-corrected chi connectivity index (χ0v) is 24.5. The lowest BCUT2D eigenvalue weighted by Crippen LogP contribution is -2.55. The molecule has 1 N–H and O–H groups in total. The third-order valence-corrected chi connectivity index (χ3v) is 8.01. The summed E-state index contributed by atoms with van der Waals surface area (Å²) >= 11 is 6.10. The number of rotatable bonds is 7. The third kappa shape index (κ3) is 6.56. The fourth-order valence-corrected chi connectivity index (χ4v) is 5.71. The Kier molecular flexibility index (Phi) is 8.99. The van der Waals surface area contributed by atoms with Gasteiger partial charge in [0.25, 0.3) is 5.91 Å². The molecule has 0 radical (unpaired) electrons. The van der Waals surface area contributed by atoms with E-state index >= 15 is 0 Å². The van der Waals surface area contributed by atoms with Gasteiger partial charge in [-0.1, -0.05) is 81.8 Å². The van der Waals surface area contributed by atoms with Crippen LogP contribution in [0.15, 0.2) is 72.8 Å². The number of methoxy groups -OCH3 is 1. The molecule has 1 aliphatic rings. The highest BCUT2D eigenvalue weighted by Gasteiger charge is 2.40. The highest BCUT2D eigenvalue weighted by molar-refractivity contribution is 6.30. The van der Waals surface area contributed by atoms with Crippen molar-refractivity contribution in [1.29, 1.82) is 0 Å². The van der Waals surface area contributed by atoms with Gasteiger partial charge in [-0.15, -0.1) is 0 Å². The Morgan fingerprint density at radius 3 is 2.20 bits per heavy atom. The van der Waals surface area contributed by atoms with E-state index in [1.807, 2.05) is 61.2 Å². The molecule has 0 aromatic heterocycles. The van der Waals surface area contributed by atoms with Crippen molar-refractivity contribution in [2.45, 2.75) is 46.1 Å². The second-order valence-electron chi connectivity index (χ2n) is 11.5. The molecular formula is C33H37ClN2O4. The molecule has 7 heteroatoms. The minimum absolute atomic E-state index is 0.0987. The summed E-state index contributed by atoms with van der Waals surface area (Å²) in [4.78, 5) is 41.6. The van der Waals surface area contributed by atoms with E-state index in [1.165, 1.54) is 18.7 Å². The Hall–Kier alpha value is -3.64. The fraction of sp³-hybridized carbons (Fsp3) is 0.364. The van der Waals surface area contributed by atoms with E-state index in [0.717, 1.165) is 12.0 Å². The molecule has 210 valence electrons. The summed E-state index contributed by atoms with van der Waals surface area (Å²) in [6.45, 7) is 9.39. The van der Waals surface area contributed by atoms with Crippen molar-refractivity contribution < 1.29 is 19.1 Å². The van der Waals surface area contributed by atoms with Crippen molar-refractivity contribution >= 4 is 29.4 Å². The average molecular weight is 561 g/mol. The summed E-state index contributed by atoms with van der Waals surface area (Å²) in [5, 5.41) is 3.68. The second-order valence-corrected chi connectivity index (χ2v) is 11.9. The summed E-state index contributed by atoms with van der Waals surface area (Å²) in [7, 11) is 1.31. The summed E-state index contributed by atoms with van der Waals surface area (Å²) < 4.78 is 4.93. The first kappa shape index (κ1) is 29.3. The summed E-state index contributed by atoms with van der Waals surface area (Å²) in [6, 6.07) is 21.7. The number of ether oxygens (including phenoxy) is 1. The van der Waals surface area contributed by atoms with Gasteiger partial charge >= 0.3 is 5.97 Å². The van der Waals surface area contributed by atoms with Crippen LogP contribution in [0.5, 0.6) is 0 Å². The van der Waals surface area contributed by atoms with Gasteiger partial charge in [0.15, 0.2) is 0 Å². The van der Waals surface area contributed by atoms with Gasteiger partial charge in [0.05, 0.1) is 12.7 Å². The molecule has 3 aromatic rings. The Morgan fingerprint density at radius 1 is 0.950 bits per heavy atom. The number of benzene rings is 3. The molecule has 0 spiro atoms. The lowest BCUT2D eigenvalue weighted by molar-refractivity contribution is -0.137. The van der Waals surface area contributed by atoms with E-state index in [-0.39, 0.29) is 22.8 Å². The molecule has 1 heterocycles. The quantitative estimate of drug-likeness (QED) is 0.331. The van der Waals surface area contributed by atoms with Gasteiger partial charge in [-0.2, -0.15) is 0 Å². The molecule has 1 unspecified atom stereocenters. The Balaban J connectivity index is 1.55. The normalized spacial score (nSPS) is 17.3. The first-order valence-corrected chi connectivity index (χ1v) is 14.0. The van der Waals surface area contributed by atoms with Crippen molar-refractivity contribution in [2.24, 2.45) is 11.3 Å². The number of esters is 1. The van der Waals surface area contributed by atoms with Gasteiger partial charge in [0, 0.05) is 23.7 Å². The number of piperidine rings is 1. The van der Waals surface area contributed by atoms with Gasteiger partial charge in [0.1, 0.15) is 6.04 Å². The molecule has 2 atom stereocenters. The summed E-state index contributed by atoms with van der Waals surface area (Å²) in [6.07, 6.45) is 0.820. The highest BCUT2D eigenvalue weighted by atomic mass is 35.5. The SMILES string of the molecule is COC(=O)c1cc(C(=O)N[C@@H](C(=O)N2CCC(c3ccc(Cl)cc3)C(C)(C)C2)C(C)C)cc(-c2ccccc2)c1. The number of nitrogens with zero attached hydrogens (tertiary/aromatic N) is 1. The maximum absolute atomic E-state index is 13.8. The van der Waals surface area contributed by atoms with Crippen LogP contribution in [0.3, 0.4) is 0 Å². The molecule has 3 aromatic carbocycles. The van der Waals surface area contributed by atoms with Crippen LogP contribution in [0.25, 0.3) is 11.1 Å². The second kappa shape index (κ2) is 12.3. The zero-order chi connectivity index (χ0) is 29.0. The molecule has 1 saturated heterocycles. The molecule has 0 aliphatic carbocycles. The van der Waals surface area contributed by atoms with Crippen molar-refractivity contribution in [3.8, 4) is 11.1 Å². The minimum Gasteiger partial charge on any atom is -0.465 e. The lowest BCUT2D eigenvalue weighted by Gasteiger charge is -2.45. The van der Waals surface area contributed by atoms with Gasteiger partial charge in [-0.05, 0) is 70.7 Å². The lowest BCUT2D eigenvalue weighted by atomic mass is 9.70. The average Bonchev–Trinajstić information content (AvgIpc) is 2.95. The van der Waals surface area contributed by atoms with Crippen LogP contribution in [-0.2, 0) is 9.53 Å². The number of carbonyl (C=O) groups excluding carboxylic acids is 3. The molecule has 1 fully saturated rings.